The second kappa shape index (κ2) is 7.90. The predicted molar refractivity (Wildman–Crippen MR) is 96.3 cm³/mol. The molecule has 1 heterocycles. The van der Waals surface area contributed by atoms with Gasteiger partial charge in [-0.3, -0.25) is 14.5 Å². The molecule has 0 aromatic heterocycles. The molecule has 0 saturated carbocycles. The van der Waals surface area contributed by atoms with E-state index < -0.39 is 5.97 Å². The molecule has 2 aromatic carbocycles. The number of amides is 2. The maximum atomic E-state index is 12.3. The number of imide groups is 1. The van der Waals surface area contributed by atoms with Crippen LogP contribution in [0.15, 0.2) is 42.5 Å². The molecule has 0 saturated heterocycles. The number of carbonyl (C=O) groups is 3. The fraction of sp³-hybridized carbons (Fsp3) is 0.250. The van der Waals surface area contributed by atoms with Gasteiger partial charge in [-0.1, -0.05) is 12.1 Å². The zero-order valence-electron chi connectivity index (χ0n) is 15.1. The largest absolute Gasteiger partial charge is 0.493 e. The lowest BCUT2D eigenvalue weighted by molar-refractivity contribution is 0.0420. The summed E-state index contributed by atoms with van der Waals surface area (Å²) in [7, 11) is 1.51. The third-order valence-corrected chi connectivity index (χ3v) is 4.13. The Morgan fingerprint density at radius 3 is 2.26 bits per heavy atom. The summed E-state index contributed by atoms with van der Waals surface area (Å²) >= 11 is 0. The van der Waals surface area contributed by atoms with E-state index in [2.05, 4.69) is 0 Å². The summed E-state index contributed by atoms with van der Waals surface area (Å²) in [5.74, 6) is -0.381. The van der Waals surface area contributed by atoms with Gasteiger partial charge in [0.15, 0.2) is 11.5 Å². The third kappa shape index (κ3) is 3.62. The second-order valence-corrected chi connectivity index (χ2v) is 5.74. The number of rotatable bonds is 7. The highest BCUT2D eigenvalue weighted by Gasteiger charge is 2.34. The molecule has 0 spiro atoms. The van der Waals surface area contributed by atoms with Gasteiger partial charge in [0.1, 0.15) is 6.61 Å². The minimum atomic E-state index is -0.574. The minimum Gasteiger partial charge on any atom is -0.493 e. The van der Waals surface area contributed by atoms with Gasteiger partial charge in [-0.2, -0.15) is 0 Å². The molecule has 2 amide bonds. The lowest BCUT2D eigenvalue weighted by atomic mass is 10.1. The zero-order valence-corrected chi connectivity index (χ0v) is 15.1. The molecule has 7 heteroatoms. The smallest absolute Gasteiger partial charge is 0.338 e. The molecular formula is C20H19NO6. The summed E-state index contributed by atoms with van der Waals surface area (Å²) < 4.78 is 15.8. The van der Waals surface area contributed by atoms with Crippen LogP contribution in [0.5, 0.6) is 11.5 Å². The number of hydrogen-bond donors (Lipinski definition) is 0. The van der Waals surface area contributed by atoms with E-state index in [1.165, 1.54) is 13.2 Å². The monoisotopic (exact) mass is 369 g/mol. The van der Waals surface area contributed by atoms with Crippen LogP contribution in [0.3, 0.4) is 0 Å². The Balaban J connectivity index is 1.61. The van der Waals surface area contributed by atoms with E-state index in [0.29, 0.717) is 34.8 Å². The third-order valence-electron chi connectivity index (χ3n) is 4.13. The summed E-state index contributed by atoms with van der Waals surface area (Å²) in [6, 6.07) is 11.3. The lowest BCUT2D eigenvalue weighted by Gasteiger charge is -2.14. The Kier molecular flexibility index (Phi) is 5.40. The first-order chi connectivity index (χ1) is 13.1. The first-order valence-corrected chi connectivity index (χ1v) is 8.50. The Labute approximate surface area is 156 Å². The highest BCUT2D eigenvalue weighted by atomic mass is 16.5. The minimum absolute atomic E-state index is 0.00738. The van der Waals surface area contributed by atoms with Gasteiger partial charge < -0.3 is 14.2 Å². The van der Waals surface area contributed by atoms with E-state index in [4.69, 9.17) is 14.2 Å². The molecule has 3 rings (SSSR count). The first kappa shape index (κ1) is 18.4. The highest BCUT2D eigenvalue weighted by molar-refractivity contribution is 6.21. The molecule has 1 aliphatic rings. The van der Waals surface area contributed by atoms with Crippen molar-refractivity contribution in [3.8, 4) is 11.5 Å². The maximum absolute atomic E-state index is 12.3. The quantitative estimate of drug-likeness (QED) is 0.551. The van der Waals surface area contributed by atoms with Crippen molar-refractivity contribution >= 4 is 17.8 Å². The van der Waals surface area contributed by atoms with Crippen molar-refractivity contribution in [1.29, 1.82) is 0 Å². The number of carbonyl (C=O) groups excluding carboxylic acids is 3. The molecule has 7 nitrogen and oxygen atoms in total. The lowest BCUT2D eigenvalue weighted by Crippen LogP contribution is -2.33. The van der Waals surface area contributed by atoms with Crippen molar-refractivity contribution < 1.29 is 28.6 Å². The highest BCUT2D eigenvalue weighted by Crippen LogP contribution is 2.28. The van der Waals surface area contributed by atoms with E-state index in [1.54, 1.807) is 36.4 Å². The predicted octanol–water partition coefficient (Wildman–Crippen LogP) is 2.55. The van der Waals surface area contributed by atoms with Crippen molar-refractivity contribution in [3.63, 3.8) is 0 Å². The molecule has 0 bridgehead atoms. The van der Waals surface area contributed by atoms with Gasteiger partial charge in [-0.05, 0) is 37.3 Å². The van der Waals surface area contributed by atoms with Gasteiger partial charge in [0.25, 0.3) is 11.8 Å². The Hall–Kier alpha value is -3.35. The Bertz CT molecular complexity index is 857. The van der Waals surface area contributed by atoms with E-state index in [0.717, 1.165) is 4.90 Å². The molecule has 0 aliphatic carbocycles. The van der Waals surface area contributed by atoms with Crippen LogP contribution in [0.1, 0.15) is 38.0 Å². The van der Waals surface area contributed by atoms with Gasteiger partial charge in [0, 0.05) is 0 Å². The molecule has 0 N–H and O–H groups in total. The van der Waals surface area contributed by atoms with E-state index >= 15 is 0 Å². The number of hydrogen-bond acceptors (Lipinski definition) is 6. The topological polar surface area (TPSA) is 82.1 Å². The van der Waals surface area contributed by atoms with Crippen LogP contribution in [0, 0.1) is 0 Å². The number of benzene rings is 2. The summed E-state index contributed by atoms with van der Waals surface area (Å²) in [6.07, 6.45) is 0. The first-order valence-electron chi connectivity index (χ1n) is 8.50. The summed E-state index contributed by atoms with van der Waals surface area (Å²) in [5.41, 5.74) is 1.03. The number of nitrogens with zero attached hydrogens (tertiary/aromatic N) is 1. The number of esters is 1. The van der Waals surface area contributed by atoms with Crippen LogP contribution < -0.4 is 9.47 Å². The molecule has 0 atom stereocenters. The Morgan fingerprint density at radius 2 is 1.67 bits per heavy atom. The molecule has 140 valence electrons. The summed E-state index contributed by atoms with van der Waals surface area (Å²) in [5, 5.41) is 0. The van der Waals surface area contributed by atoms with Crippen molar-refractivity contribution in [3.05, 3.63) is 59.2 Å². The van der Waals surface area contributed by atoms with Gasteiger partial charge in [-0.25, -0.2) is 4.79 Å². The molecule has 1 aliphatic heterocycles. The maximum Gasteiger partial charge on any atom is 0.338 e. The van der Waals surface area contributed by atoms with E-state index in [1.807, 2.05) is 6.92 Å². The number of ether oxygens (including phenoxy) is 3. The molecule has 0 fully saturated rings. The van der Waals surface area contributed by atoms with Gasteiger partial charge >= 0.3 is 5.97 Å². The van der Waals surface area contributed by atoms with Crippen LogP contribution in [0.2, 0.25) is 0 Å². The fourth-order valence-corrected chi connectivity index (χ4v) is 2.83. The van der Waals surface area contributed by atoms with Crippen LogP contribution in [-0.4, -0.2) is 49.6 Å². The molecular weight excluding hydrogens is 350 g/mol. The van der Waals surface area contributed by atoms with Crippen LogP contribution in [0.4, 0.5) is 0 Å². The van der Waals surface area contributed by atoms with Crippen molar-refractivity contribution in [1.82, 2.24) is 4.90 Å². The summed E-state index contributed by atoms with van der Waals surface area (Å²) in [6.45, 7) is 2.15. The number of fused-ring (bicyclic) bond motifs is 1. The van der Waals surface area contributed by atoms with E-state index in [9.17, 15) is 14.4 Å². The molecule has 2 aromatic rings. The van der Waals surface area contributed by atoms with Gasteiger partial charge in [0.05, 0.1) is 37.0 Å². The van der Waals surface area contributed by atoms with Crippen molar-refractivity contribution in [2.75, 3.05) is 26.9 Å². The van der Waals surface area contributed by atoms with E-state index in [-0.39, 0.29) is 25.0 Å². The normalized spacial score (nSPS) is 12.7. The average molecular weight is 369 g/mol. The van der Waals surface area contributed by atoms with Crippen LogP contribution >= 0.6 is 0 Å². The molecule has 0 unspecified atom stereocenters. The SMILES string of the molecule is CCOc1cc(C(=O)OCCN2C(=O)c3ccccc3C2=O)ccc1OC. The standard InChI is InChI=1S/C20H19NO6/c1-3-26-17-12-13(8-9-16(17)25-2)20(24)27-11-10-21-18(22)14-6-4-5-7-15(14)19(21)23/h4-9,12H,3,10-11H2,1-2H3. The molecule has 0 radical (unpaired) electrons. The number of methoxy groups -OCH3 is 1. The summed E-state index contributed by atoms with van der Waals surface area (Å²) in [4.78, 5) is 37.9. The van der Waals surface area contributed by atoms with Crippen LogP contribution in [0.25, 0.3) is 0 Å². The molecule has 27 heavy (non-hydrogen) atoms. The van der Waals surface area contributed by atoms with Crippen molar-refractivity contribution in [2.45, 2.75) is 6.92 Å². The Morgan fingerprint density at radius 1 is 1.00 bits per heavy atom. The van der Waals surface area contributed by atoms with Gasteiger partial charge in [-0.15, -0.1) is 0 Å². The van der Waals surface area contributed by atoms with Crippen molar-refractivity contribution in [2.24, 2.45) is 0 Å². The average Bonchev–Trinajstić information content (AvgIpc) is 2.93. The zero-order chi connectivity index (χ0) is 19.4. The van der Waals surface area contributed by atoms with Crippen LogP contribution in [-0.2, 0) is 4.74 Å². The fourth-order valence-electron chi connectivity index (χ4n) is 2.83. The second-order valence-electron chi connectivity index (χ2n) is 5.74. The van der Waals surface area contributed by atoms with Gasteiger partial charge in [0.2, 0.25) is 0 Å².